The summed E-state index contributed by atoms with van der Waals surface area (Å²) in [6, 6.07) is 0. The van der Waals surface area contributed by atoms with Gasteiger partial charge in [-0.1, -0.05) is 20.8 Å². The van der Waals surface area contributed by atoms with Gasteiger partial charge in [-0.25, -0.2) is 0 Å². The zero-order valence-electron chi connectivity index (χ0n) is 18.9. The molecule has 4 nitrogen and oxygen atoms in total. The van der Waals surface area contributed by atoms with Crippen LogP contribution >= 0.6 is 0 Å². The third kappa shape index (κ3) is 3.46. The molecule has 166 valence electrons. The number of rotatable bonds is 4. The maximum atomic E-state index is 11.6. The van der Waals surface area contributed by atoms with E-state index in [1.807, 2.05) is 0 Å². The molecule has 4 aliphatic carbocycles. The molecule has 0 spiro atoms. The lowest BCUT2D eigenvalue weighted by Gasteiger charge is -2.62. The third-order valence-electron chi connectivity index (χ3n) is 10.4. The van der Waals surface area contributed by atoms with Gasteiger partial charge in [0.1, 0.15) is 0 Å². The van der Waals surface area contributed by atoms with Crippen LogP contribution in [0.4, 0.5) is 0 Å². The normalized spacial score (nSPS) is 50.2. The van der Waals surface area contributed by atoms with Gasteiger partial charge in [0.15, 0.2) is 0 Å². The van der Waals surface area contributed by atoms with Crippen molar-refractivity contribution in [3.05, 3.63) is 0 Å². The average molecular weight is 407 g/mol. The first-order valence-electron chi connectivity index (χ1n) is 12.1. The fourth-order valence-electron chi connectivity index (χ4n) is 8.82. The van der Waals surface area contributed by atoms with Crippen molar-refractivity contribution in [1.29, 1.82) is 0 Å². The molecule has 0 bridgehead atoms. The summed E-state index contributed by atoms with van der Waals surface area (Å²) in [6.45, 7) is 7.29. The predicted octanol–water partition coefficient (Wildman–Crippen LogP) is 4.57. The fourth-order valence-corrected chi connectivity index (χ4v) is 8.82. The maximum Gasteiger partial charge on any atom is 0.305 e. The first kappa shape index (κ1) is 21.6. The van der Waals surface area contributed by atoms with E-state index >= 15 is 0 Å². The Morgan fingerprint density at radius 2 is 1.72 bits per heavy atom. The van der Waals surface area contributed by atoms with Crippen LogP contribution in [0.5, 0.6) is 0 Å². The smallest absolute Gasteiger partial charge is 0.305 e. The molecular weight excluding hydrogens is 364 g/mol. The lowest BCUT2D eigenvalue weighted by molar-refractivity contribution is -0.174. The molecule has 9 unspecified atom stereocenters. The number of fused-ring (bicyclic) bond motifs is 5. The monoisotopic (exact) mass is 406 g/mol. The minimum atomic E-state index is -0.211. The van der Waals surface area contributed by atoms with E-state index in [0.29, 0.717) is 47.3 Å². The number of methoxy groups -OCH3 is 1. The summed E-state index contributed by atoms with van der Waals surface area (Å²) in [5.41, 5.74) is 0.577. The summed E-state index contributed by atoms with van der Waals surface area (Å²) in [4.78, 5) is 11.6. The Bertz CT molecular complexity index is 620. The standard InChI is InChI=1S/C25H42O4/c1-15(5-8-22(28)29-4)18-6-7-19-23-20(10-12-25(18,19)3)24(2)11-9-17(26)13-16(24)14-21(23)27/h15-21,23,26-27H,5-14H2,1-4H3/t15-,16?,17?,18?,19?,20?,21?,23?,24?,25?/m1/s1. The van der Waals surface area contributed by atoms with E-state index in [0.717, 1.165) is 32.1 Å². The van der Waals surface area contributed by atoms with Crippen molar-refractivity contribution in [3.63, 3.8) is 0 Å². The molecule has 4 aliphatic rings. The maximum absolute atomic E-state index is 11.6. The van der Waals surface area contributed by atoms with Gasteiger partial charge in [0, 0.05) is 6.42 Å². The van der Waals surface area contributed by atoms with Gasteiger partial charge < -0.3 is 14.9 Å². The number of ether oxygens (including phenoxy) is 1. The van der Waals surface area contributed by atoms with Crippen LogP contribution in [-0.4, -0.2) is 35.5 Å². The van der Waals surface area contributed by atoms with E-state index in [4.69, 9.17) is 4.74 Å². The number of carbonyl (C=O) groups is 1. The second-order valence-electron chi connectivity index (χ2n) is 11.5. The largest absolute Gasteiger partial charge is 0.469 e. The number of aliphatic hydroxyl groups excluding tert-OH is 2. The molecule has 0 amide bonds. The summed E-state index contributed by atoms with van der Waals surface area (Å²) in [5.74, 6) is 3.17. The Kier molecular flexibility index (Phi) is 5.83. The van der Waals surface area contributed by atoms with Gasteiger partial charge in [-0.05, 0) is 104 Å². The minimum absolute atomic E-state index is 0.0959. The quantitative estimate of drug-likeness (QED) is 0.671. The lowest BCUT2D eigenvalue weighted by Crippen LogP contribution is -2.58. The van der Waals surface area contributed by atoms with Crippen molar-refractivity contribution in [2.45, 2.75) is 97.2 Å². The number of aliphatic hydroxyl groups is 2. The molecule has 0 aromatic heterocycles. The van der Waals surface area contributed by atoms with Gasteiger partial charge in [0.25, 0.3) is 0 Å². The van der Waals surface area contributed by atoms with Crippen LogP contribution in [0.15, 0.2) is 0 Å². The molecule has 0 saturated heterocycles. The SMILES string of the molecule is COC(=O)CC[C@@H](C)C1CCC2C3C(O)CC4CC(O)CCC4(C)C3CCC21C. The van der Waals surface area contributed by atoms with Gasteiger partial charge >= 0.3 is 5.97 Å². The van der Waals surface area contributed by atoms with E-state index in [2.05, 4.69) is 20.8 Å². The first-order chi connectivity index (χ1) is 13.7. The van der Waals surface area contributed by atoms with Crippen molar-refractivity contribution in [2.24, 2.45) is 46.3 Å². The highest BCUT2D eigenvalue weighted by Crippen LogP contribution is 2.68. The van der Waals surface area contributed by atoms with Gasteiger partial charge in [-0.2, -0.15) is 0 Å². The summed E-state index contributed by atoms with van der Waals surface area (Å²) >= 11 is 0. The van der Waals surface area contributed by atoms with E-state index in [1.54, 1.807) is 0 Å². The van der Waals surface area contributed by atoms with Crippen molar-refractivity contribution in [1.82, 2.24) is 0 Å². The van der Waals surface area contributed by atoms with Gasteiger partial charge in [-0.15, -0.1) is 0 Å². The van der Waals surface area contributed by atoms with E-state index < -0.39 is 0 Å². The van der Waals surface area contributed by atoms with Crippen molar-refractivity contribution < 1.29 is 19.7 Å². The van der Waals surface area contributed by atoms with E-state index in [1.165, 1.54) is 32.8 Å². The molecule has 4 rings (SSSR count). The molecule has 0 aromatic carbocycles. The summed E-state index contributed by atoms with van der Waals surface area (Å²) < 4.78 is 4.86. The molecule has 10 atom stereocenters. The zero-order valence-corrected chi connectivity index (χ0v) is 18.9. The Labute approximate surface area is 176 Å². The molecule has 0 heterocycles. The summed E-state index contributed by atoms with van der Waals surface area (Å²) in [6.07, 6.45) is 9.80. The Hall–Kier alpha value is -0.610. The topological polar surface area (TPSA) is 66.8 Å². The zero-order chi connectivity index (χ0) is 21.0. The Balaban J connectivity index is 1.53. The number of esters is 1. The molecule has 0 aromatic rings. The number of carbonyl (C=O) groups excluding carboxylic acids is 1. The van der Waals surface area contributed by atoms with Gasteiger partial charge in [-0.3, -0.25) is 4.79 Å². The van der Waals surface area contributed by atoms with Crippen molar-refractivity contribution >= 4 is 5.97 Å². The van der Waals surface area contributed by atoms with Crippen LogP contribution in [0.25, 0.3) is 0 Å². The van der Waals surface area contributed by atoms with Crippen LogP contribution in [0.1, 0.15) is 85.0 Å². The number of hydrogen-bond donors (Lipinski definition) is 2. The fraction of sp³-hybridized carbons (Fsp3) is 0.960. The molecule has 2 N–H and O–H groups in total. The third-order valence-corrected chi connectivity index (χ3v) is 10.4. The van der Waals surface area contributed by atoms with Gasteiger partial charge in [0.2, 0.25) is 0 Å². The first-order valence-corrected chi connectivity index (χ1v) is 12.1. The summed E-state index contributed by atoms with van der Waals surface area (Å²) in [5, 5.41) is 21.5. The highest BCUT2D eigenvalue weighted by atomic mass is 16.5. The van der Waals surface area contributed by atoms with Crippen LogP contribution in [0, 0.1) is 46.3 Å². The average Bonchev–Trinajstić information content (AvgIpc) is 3.04. The molecule has 4 saturated carbocycles. The van der Waals surface area contributed by atoms with E-state index in [-0.39, 0.29) is 23.6 Å². The second kappa shape index (κ2) is 7.82. The van der Waals surface area contributed by atoms with E-state index in [9.17, 15) is 15.0 Å². The molecule has 0 radical (unpaired) electrons. The highest BCUT2D eigenvalue weighted by molar-refractivity contribution is 5.69. The lowest BCUT2D eigenvalue weighted by atomic mass is 9.43. The van der Waals surface area contributed by atoms with Crippen molar-refractivity contribution in [3.8, 4) is 0 Å². The second-order valence-corrected chi connectivity index (χ2v) is 11.5. The van der Waals surface area contributed by atoms with Gasteiger partial charge in [0.05, 0.1) is 19.3 Å². The van der Waals surface area contributed by atoms with Crippen LogP contribution in [0.2, 0.25) is 0 Å². The molecule has 4 fully saturated rings. The molecular formula is C25H42O4. The minimum Gasteiger partial charge on any atom is -0.469 e. The molecule has 4 heteroatoms. The van der Waals surface area contributed by atoms with Crippen LogP contribution < -0.4 is 0 Å². The highest BCUT2D eigenvalue weighted by Gasteiger charge is 2.62. The summed E-state index contributed by atoms with van der Waals surface area (Å²) in [7, 11) is 1.48. The Morgan fingerprint density at radius 1 is 1.03 bits per heavy atom. The number of hydrogen-bond acceptors (Lipinski definition) is 4. The Morgan fingerprint density at radius 3 is 2.45 bits per heavy atom. The van der Waals surface area contributed by atoms with Crippen LogP contribution in [0.3, 0.4) is 0 Å². The van der Waals surface area contributed by atoms with Crippen molar-refractivity contribution in [2.75, 3.05) is 7.11 Å². The molecule has 0 aliphatic heterocycles. The van der Waals surface area contributed by atoms with Crippen LogP contribution in [-0.2, 0) is 9.53 Å². The molecule has 29 heavy (non-hydrogen) atoms. The predicted molar refractivity (Wildman–Crippen MR) is 113 cm³/mol.